The Hall–Kier alpha value is -2.18. The second-order valence-corrected chi connectivity index (χ2v) is 8.52. The van der Waals surface area contributed by atoms with Gasteiger partial charge in [0, 0.05) is 11.3 Å². The van der Waals surface area contributed by atoms with Crippen LogP contribution in [-0.2, 0) is 16.4 Å². The van der Waals surface area contributed by atoms with Gasteiger partial charge in [0.25, 0.3) is 5.91 Å². The van der Waals surface area contributed by atoms with Crippen molar-refractivity contribution in [1.29, 1.82) is 0 Å². The zero-order chi connectivity index (χ0) is 17.9. The molecule has 6 heteroatoms. The number of anilines is 1. The molecule has 1 fully saturated rings. The third-order valence-electron chi connectivity index (χ3n) is 4.55. The third kappa shape index (κ3) is 3.91. The van der Waals surface area contributed by atoms with Gasteiger partial charge >= 0.3 is 0 Å². The van der Waals surface area contributed by atoms with E-state index in [-0.39, 0.29) is 22.7 Å². The standard InChI is InChI=1S/C19H21NO4S/c21-13-14-4-3-5-16(12-14)20-19(22)15-8-10-18(11-9-15)25(23,24)17-6-1-2-7-17/h3-5,8-12,17,21H,1-2,6-7,13H2,(H,20,22). The first-order valence-corrected chi connectivity index (χ1v) is 9.90. The summed E-state index contributed by atoms with van der Waals surface area (Å²) in [7, 11) is -3.31. The maximum Gasteiger partial charge on any atom is 0.255 e. The molecule has 0 unspecified atom stereocenters. The predicted molar refractivity (Wildman–Crippen MR) is 96.2 cm³/mol. The minimum Gasteiger partial charge on any atom is -0.392 e. The van der Waals surface area contributed by atoms with Crippen molar-refractivity contribution in [3.63, 3.8) is 0 Å². The van der Waals surface area contributed by atoms with Gasteiger partial charge in [0.2, 0.25) is 0 Å². The van der Waals surface area contributed by atoms with Crippen molar-refractivity contribution in [2.75, 3.05) is 5.32 Å². The number of nitrogens with one attached hydrogen (secondary N) is 1. The number of hydrogen-bond acceptors (Lipinski definition) is 4. The molecule has 1 amide bonds. The Kier molecular flexibility index (Phi) is 5.20. The molecule has 25 heavy (non-hydrogen) atoms. The van der Waals surface area contributed by atoms with Gasteiger partial charge in [-0.3, -0.25) is 4.79 Å². The summed E-state index contributed by atoms with van der Waals surface area (Å²) in [4.78, 5) is 12.6. The second kappa shape index (κ2) is 7.37. The highest BCUT2D eigenvalue weighted by molar-refractivity contribution is 7.92. The van der Waals surface area contributed by atoms with Gasteiger partial charge in [-0.25, -0.2) is 8.42 Å². The molecule has 2 N–H and O–H groups in total. The fourth-order valence-electron chi connectivity index (χ4n) is 3.14. The number of sulfone groups is 1. The maximum atomic E-state index is 12.6. The van der Waals surface area contributed by atoms with Crippen LogP contribution in [-0.4, -0.2) is 24.7 Å². The van der Waals surface area contributed by atoms with Gasteiger partial charge in [-0.2, -0.15) is 0 Å². The van der Waals surface area contributed by atoms with Crippen LogP contribution in [0.2, 0.25) is 0 Å². The summed E-state index contributed by atoms with van der Waals surface area (Å²) in [6.07, 6.45) is 3.34. The topological polar surface area (TPSA) is 83.5 Å². The summed E-state index contributed by atoms with van der Waals surface area (Å²) < 4.78 is 25.1. The molecule has 0 radical (unpaired) electrons. The van der Waals surface area contributed by atoms with Crippen molar-refractivity contribution in [2.24, 2.45) is 0 Å². The molecule has 3 rings (SSSR count). The Labute approximate surface area is 147 Å². The normalized spacial score (nSPS) is 15.2. The van der Waals surface area contributed by atoms with Gasteiger partial charge in [0.05, 0.1) is 16.8 Å². The van der Waals surface area contributed by atoms with Crippen molar-refractivity contribution in [3.05, 3.63) is 59.7 Å². The Morgan fingerprint density at radius 1 is 1.08 bits per heavy atom. The van der Waals surface area contributed by atoms with Crippen LogP contribution >= 0.6 is 0 Å². The average Bonchev–Trinajstić information content (AvgIpc) is 3.17. The Bertz CT molecular complexity index is 853. The maximum absolute atomic E-state index is 12.6. The van der Waals surface area contributed by atoms with Crippen LogP contribution in [0.15, 0.2) is 53.4 Å². The lowest BCUT2D eigenvalue weighted by molar-refractivity contribution is 0.102. The average molecular weight is 359 g/mol. The zero-order valence-electron chi connectivity index (χ0n) is 13.8. The molecule has 5 nitrogen and oxygen atoms in total. The van der Waals surface area contributed by atoms with E-state index in [1.807, 2.05) is 0 Å². The first kappa shape index (κ1) is 17.6. The van der Waals surface area contributed by atoms with E-state index < -0.39 is 9.84 Å². The molecule has 1 saturated carbocycles. The molecule has 0 aliphatic heterocycles. The van der Waals surface area contributed by atoms with Gasteiger partial charge in [-0.05, 0) is 54.8 Å². The molecule has 0 atom stereocenters. The van der Waals surface area contributed by atoms with Gasteiger partial charge in [0.15, 0.2) is 9.84 Å². The van der Waals surface area contributed by atoms with Crippen LogP contribution < -0.4 is 5.32 Å². The first-order chi connectivity index (χ1) is 12.0. The number of rotatable bonds is 5. The summed E-state index contributed by atoms with van der Waals surface area (Å²) in [5.41, 5.74) is 1.68. The van der Waals surface area contributed by atoms with Gasteiger partial charge in [-0.1, -0.05) is 25.0 Å². The summed E-state index contributed by atoms with van der Waals surface area (Å²) in [5.74, 6) is -0.320. The molecular weight excluding hydrogens is 338 g/mol. The van der Waals surface area contributed by atoms with Crippen molar-refractivity contribution >= 4 is 21.4 Å². The highest BCUT2D eigenvalue weighted by Crippen LogP contribution is 2.29. The highest BCUT2D eigenvalue weighted by atomic mass is 32.2. The minimum atomic E-state index is -3.31. The number of benzene rings is 2. The first-order valence-electron chi connectivity index (χ1n) is 8.36. The van der Waals surface area contributed by atoms with E-state index in [2.05, 4.69) is 5.32 Å². The van der Waals surface area contributed by atoms with Crippen LogP contribution in [0.25, 0.3) is 0 Å². The monoisotopic (exact) mass is 359 g/mol. The lowest BCUT2D eigenvalue weighted by Crippen LogP contribution is -2.18. The van der Waals surface area contributed by atoms with Crippen LogP contribution in [0.1, 0.15) is 41.6 Å². The number of amides is 1. The SMILES string of the molecule is O=C(Nc1cccc(CO)c1)c1ccc(S(=O)(=O)C2CCCC2)cc1. The Balaban J connectivity index is 1.74. The molecule has 0 aromatic heterocycles. The fourth-order valence-corrected chi connectivity index (χ4v) is 4.99. The number of aliphatic hydroxyl groups excluding tert-OH is 1. The summed E-state index contributed by atoms with van der Waals surface area (Å²) >= 11 is 0. The molecule has 0 saturated heterocycles. The number of carbonyl (C=O) groups is 1. The van der Waals surface area contributed by atoms with Gasteiger partial charge < -0.3 is 10.4 Å². The van der Waals surface area contributed by atoms with Crippen molar-refractivity contribution in [1.82, 2.24) is 0 Å². The van der Waals surface area contributed by atoms with E-state index in [0.29, 0.717) is 29.7 Å². The third-order valence-corrected chi connectivity index (χ3v) is 6.83. The number of hydrogen-bond donors (Lipinski definition) is 2. The van der Waals surface area contributed by atoms with E-state index in [4.69, 9.17) is 5.11 Å². The highest BCUT2D eigenvalue weighted by Gasteiger charge is 2.30. The molecule has 132 valence electrons. The molecule has 0 bridgehead atoms. The summed E-state index contributed by atoms with van der Waals surface area (Å²) in [6.45, 7) is -0.0998. The van der Waals surface area contributed by atoms with Gasteiger partial charge in [-0.15, -0.1) is 0 Å². The lowest BCUT2D eigenvalue weighted by Gasteiger charge is -2.12. The molecule has 2 aromatic rings. The summed E-state index contributed by atoms with van der Waals surface area (Å²) in [6, 6.07) is 13.0. The van der Waals surface area contributed by atoms with Crippen LogP contribution in [0.5, 0.6) is 0 Å². The van der Waals surface area contributed by atoms with Crippen molar-refractivity contribution < 1.29 is 18.3 Å². The quantitative estimate of drug-likeness (QED) is 0.859. The largest absolute Gasteiger partial charge is 0.392 e. The molecule has 2 aromatic carbocycles. The van der Waals surface area contributed by atoms with Crippen molar-refractivity contribution in [2.45, 2.75) is 42.4 Å². The minimum absolute atomic E-state index is 0.0998. The Morgan fingerprint density at radius 2 is 1.76 bits per heavy atom. The van der Waals surface area contributed by atoms with E-state index in [0.717, 1.165) is 12.8 Å². The Morgan fingerprint density at radius 3 is 2.40 bits per heavy atom. The van der Waals surface area contributed by atoms with Crippen LogP contribution in [0.3, 0.4) is 0 Å². The van der Waals surface area contributed by atoms with Crippen LogP contribution in [0, 0.1) is 0 Å². The van der Waals surface area contributed by atoms with Gasteiger partial charge in [0.1, 0.15) is 0 Å². The molecule has 0 heterocycles. The van der Waals surface area contributed by atoms with Crippen LogP contribution in [0.4, 0.5) is 5.69 Å². The zero-order valence-corrected chi connectivity index (χ0v) is 14.6. The molecular formula is C19H21NO4S. The van der Waals surface area contributed by atoms with E-state index in [9.17, 15) is 13.2 Å². The number of aliphatic hydroxyl groups is 1. The second-order valence-electron chi connectivity index (χ2n) is 6.29. The molecule has 0 spiro atoms. The van der Waals surface area contributed by atoms with Crippen molar-refractivity contribution in [3.8, 4) is 0 Å². The van der Waals surface area contributed by atoms with E-state index >= 15 is 0 Å². The number of carbonyl (C=O) groups excluding carboxylic acids is 1. The molecule has 1 aliphatic carbocycles. The summed E-state index contributed by atoms with van der Waals surface area (Å²) in [5, 5.41) is 11.6. The lowest BCUT2D eigenvalue weighted by atomic mass is 10.2. The predicted octanol–water partition coefficient (Wildman–Crippen LogP) is 3.15. The molecule has 1 aliphatic rings. The van der Waals surface area contributed by atoms with E-state index in [1.54, 1.807) is 24.3 Å². The fraction of sp³-hybridized carbons (Fsp3) is 0.316. The van der Waals surface area contributed by atoms with E-state index in [1.165, 1.54) is 24.3 Å². The smallest absolute Gasteiger partial charge is 0.255 e.